The predicted molar refractivity (Wildman–Crippen MR) is 124 cm³/mol. The van der Waals surface area contributed by atoms with Crippen LogP contribution < -0.4 is 15.5 Å². The Bertz CT molecular complexity index is 1300. The molecular formula is C23H21ClF3N7O2. The molecule has 5 rings (SSSR count). The van der Waals surface area contributed by atoms with Crippen LogP contribution in [-0.4, -0.2) is 49.8 Å². The summed E-state index contributed by atoms with van der Waals surface area (Å²) < 4.78 is 37.7. The van der Waals surface area contributed by atoms with Gasteiger partial charge in [0.1, 0.15) is 11.2 Å². The van der Waals surface area contributed by atoms with E-state index < -0.39 is 23.5 Å². The molecular weight excluding hydrogens is 499 g/mol. The van der Waals surface area contributed by atoms with Gasteiger partial charge in [0.15, 0.2) is 0 Å². The first-order valence-electron chi connectivity index (χ1n) is 11.1. The largest absolute Gasteiger partial charge is 0.471 e. The molecule has 0 radical (unpaired) electrons. The van der Waals surface area contributed by atoms with Crippen molar-refractivity contribution in [3.63, 3.8) is 0 Å². The summed E-state index contributed by atoms with van der Waals surface area (Å²) in [5.41, 5.74) is 0.689. The van der Waals surface area contributed by atoms with Crippen LogP contribution in [0.25, 0.3) is 5.70 Å². The summed E-state index contributed by atoms with van der Waals surface area (Å²) in [5, 5.41) is 17.4. The van der Waals surface area contributed by atoms with Gasteiger partial charge in [-0.1, -0.05) is 48.0 Å². The number of hydrogen-bond donors (Lipinski definition) is 2. The van der Waals surface area contributed by atoms with Gasteiger partial charge in [-0.05, 0) is 35.8 Å². The second kappa shape index (κ2) is 8.77. The first kappa shape index (κ1) is 24.0. The van der Waals surface area contributed by atoms with E-state index in [1.807, 2.05) is 46.7 Å². The van der Waals surface area contributed by atoms with E-state index in [4.69, 9.17) is 11.6 Å². The normalized spacial score (nSPS) is 22.0. The molecule has 1 aliphatic heterocycles. The van der Waals surface area contributed by atoms with E-state index in [0.29, 0.717) is 16.6 Å². The van der Waals surface area contributed by atoms with Gasteiger partial charge < -0.3 is 15.5 Å². The molecule has 2 heterocycles. The molecule has 188 valence electrons. The Morgan fingerprint density at radius 1 is 1.17 bits per heavy atom. The molecule has 0 bridgehead atoms. The third kappa shape index (κ3) is 4.36. The van der Waals surface area contributed by atoms with Crippen LogP contribution in [0.1, 0.15) is 24.2 Å². The van der Waals surface area contributed by atoms with Crippen molar-refractivity contribution in [1.29, 1.82) is 0 Å². The fourth-order valence-corrected chi connectivity index (χ4v) is 4.72. The van der Waals surface area contributed by atoms with Crippen LogP contribution in [-0.2, 0) is 23.2 Å². The quantitative estimate of drug-likeness (QED) is 0.608. The van der Waals surface area contributed by atoms with Crippen LogP contribution >= 0.6 is 11.6 Å². The highest BCUT2D eigenvalue weighted by atomic mass is 35.5. The summed E-state index contributed by atoms with van der Waals surface area (Å²) in [6.45, 7) is 0.0899. The van der Waals surface area contributed by atoms with Gasteiger partial charge in [-0.3, -0.25) is 9.59 Å². The van der Waals surface area contributed by atoms with Crippen molar-refractivity contribution in [2.24, 2.45) is 13.0 Å². The lowest BCUT2D eigenvalue weighted by Crippen LogP contribution is -2.52. The zero-order valence-corrected chi connectivity index (χ0v) is 19.7. The first-order chi connectivity index (χ1) is 17.1. The number of aryl methyl sites for hydroxylation is 1. The number of allylic oxidation sites excluding steroid dienone is 2. The molecule has 36 heavy (non-hydrogen) atoms. The number of nitrogens with one attached hydrogen (secondary N) is 2. The summed E-state index contributed by atoms with van der Waals surface area (Å²) in [4.78, 5) is 27.1. The number of nitrogens with zero attached hydrogens (tertiary/aromatic N) is 5. The van der Waals surface area contributed by atoms with Gasteiger partial charge >= 0.3 is 12.1 Å². The van der Waals surface area contributed by atoms with Crippen molar-refractivity contribution in [2.75, 3.05) is 4.90 Å². The highest BCUT2D eigenvalue weighted by molar-refractivity contribution is 6.34. The fraction of sp³-hybridized carbons (Fsp3) is 0.348. The van der Waals surface area contributed by atoms with E-state index >= 15 is 0 Å². The topological polar surface area (TPSA) is 105 Å². The number of hydrogen-bond acceptors (Lipinski definition) is 6. The molecule has 2 unspecified atom stereocenters. The summed E-state index contributed by atoms with van der Waals surface area (Å²) >= 11 is 6.76. The van der Waals surface area contributed by atoms with Crippen LogP contribution in [0.5, 0.6) is 0 Å². The molecule has 2 aromatic rings. The number of amides is 2. The van der Waals surface area contributed by atoms with Gasteiger partial charge in [-0.25, -0.2) is 0 Å². The van der Waals surface area contributed by atoms with Crippen molar-refractivity contribution in [2.45, 2.75) is 37.1 Å². The Kier molecular flexibility index (Phi) is 5.86. The Labute approximate surface area is 208 Å². The van der Waals surface area contributed by atoms with E-state index in [2.05, 4.69) is 20.7 Å². The van der Waals surface area contributed by atoms with E-state index in [9.17, 15) is 22.8 Å². The highest BCUT2D eigenvalue weighted by Crippen LogP contribution is 2.45. The average molecular weight is 520 g/mol. The van der Waals surface area contributed by atoms with E-state index in [0.717, 1.165) is 11.3 Å². The SMILES string of the molecule is Cn1nnc(C2=C(Cl)C3C=CC=CC3N2c2ccc(CNC(=O)C3(NC(=O)C(F)(F)F)CC3)cc2)n1. The van der Waals surface area contributed by atoms with Crippen molar-refractivity contribution >= 4 is 34.8 Å². The molecule has 13 heteroatoms. The van der Waals surface area contributed by atoms with Gasteiger partial charge in [0.05, 0.1) is 18.1 Å². The maximum atomic E-state index is 12.6. The lowest BCUT2D eigenvalue weighted by Gasteiger charge is -2.30. The van der Waals surface area contributed by atoms with Crippen LogP contribution in [0.3, 0.4) is 0 Å². The second-order valence-electron chi connectivity index (χ2n) is 8.84. The fourth-order valence-electron chi connectivity index (χ4n) is 4.34. The predicted octanol–water partition coefficient (Wildman–Crippen LogP) is 2.58. The molecule has 2 N–H and O–H groups in total. The lowest BCUT2D eigenvalue weighted by atomic mass is 9.96. The first-order valence-corrected chi connectivity index (χ1v) is 11.5. The van der Waals surface area contributed by atoms with Gasteiger partial charge in [0.25, 0.3) is 0 Å². The number of carbonyl (C=O) groups excluding carboxylic acids is 2. The minimum Gasteiger partial charge on any atom is -0.350 e. The van der Waals surface area contributed by atoms with E-state index in [1.54, 1.807) is 19.2 Å². The number of anilines is 1. The number of halogens is 4. The molecule has 1 fully saturated rings. The molecule has 9 nitrogen and oxygen atoms in total. The Morgan fingerprint density at radius 2 is 1.86 bits per heavy atom. The average Bonchev–Trinajstić information content (AvgIpc) is 3.41. The number of rotatable bonds is 6. The highest BCUT2D eigenvalue weighted by Gasteiger charge is 2.54. The molecule has 2 atom stereocenters. The molecule has 0 spiro atoms. The summed E-state index contributed by atoms with van der Waals surface area (Å²) in [5.74, 6) is -2.44. The number of fused-ring (bicyclic) bond motifs is 1. The molecule has 1 aromatic carbocycles. The molecule has 1 aromatic heterocycles. The molecule has 1 saturated carbocycles. The summed E-state index contributed by atoms with van der Waals surface area (Å²) in [6.07, 6.45) is 3.20. The Balaban J connectivity index is 1.31. The Hall–Kier alpha value is -3.67. The molecule has 2 aliphatic carbocycles. The van der Waals surface area contributed by atoms with Gasteiger partial charge in [0, 0.05) is 18.2 Å². The van der Waals surface area contributed by atoms with Gasteiger partial charge in [-0.15, -0.1) is 10.2 Å². The summed E-state index contributed by atoms with van der Waals surface area (Å²) in [6, 6.07) is 7.23. The second-order valence-corrected chi connectivity index (χ2v) is 9.25. The van der Waals surface area contributed by atoms with Gasteiger partial charge in [0.2, 0.25) is 11.7 Å². The third-order valence-electron chi connectivity index (χ3n) is 6.35. The van der Waals surface area contributed by atoms with Crippen molar-refractivity contribution in [3.8, 4) is 0 Å². The molecule has 2 amide bonds. The zero-order valence-electron chi connectivity index (χ0n) is 19.0. The number of benzene rings is 1. The number of alkyl halides is 3. The van der Waals surface area contributed by atoms with Crippen molar-refractivity contribution in [1.82, 2.24) is 30.8 Å². The smallest absolute Gasteiger partial charge is 0.350 e. The number of carbonyl (C=O) groups is 2. The number of aromatic nitrogens is 4. The van der Waals surface area contributed by atoms with Crippen LogP contribution in [0.15, 0.2) is 53.6 Å². The minimum absolute atomic E-state index is 0.0731. The maximum absolute atomic E-state index is 12.6. The lowest BCUT2D eigenvalue weighted by molar-refractivity contribution is -0.175. The van der Waals surface area contributed by atoms with Crippen molar-refractivity contribution in [3.05, 3.63) is 65.0 Å². The third-order valence-corrected chi connectivity index (χ3v) is 6.78. The van der Waals surface area contributed by atoms with Crippen LogP contribution in [0.4, 0.5) is 18.9 Å². The monoisotopic (exact) mass is 519 g/mol. The van der Waals surface area contributed by atoms with Crippen LogP contribution in [0.2, 0.25) is 0 Å². The minimum atomic E-state index is -5.04. The van der Waals surface area contributed by atoms with Crippen LogP contribution in [0, 0.1) is 5.92 Å². The van der Waals surface area contributed by atoms with E-state index in [1.165, 1.54) is 4.80 Å². The maximum Gasteiger partial charge on any atom is 0.471 e. The van der Waals surface area contributed by atoms with Crippen molar-refractivity contribution < 1.29 is 22.8 Å². The number of tetrazole rings is 1. The Morgan fingerprint density at radius 3 is 2.47 bits per heavy atom. The standard InChI is InChI=1S/C23H21ClF3N7O2/c1-33-31-19(30-32-33)18-17(24)15-4-2-3-5-16(15)34(18)14-8-6-13(7-9-14)12-28-20(35)22(10-11-22)29-21(36)23(25,26)27/h2-9,15-16H,10-12H2,1H3,(H,28,35)(H,29,36). The summed E-state index contributed by atoms with van der Waals surface area (Å²) in [7, 11) is 1.67. The molecule has 0 saturated heterocycles. The molecule has 3 aliphatic rings. The van der Waals surface area contributed by atoms with Gasteiger partial charge in [-0.2, -0.15) is 18.0 Å². The zero-order chi connectivity index (χ0) is 25.7. The van der Waals surface area contributed by atoms with E-state index in [-0.39, 0.29) is 31.3 Å².